The van der Waals surface area contributed by atoms with E-state index in [2.05, 4.69) is 6.07 Å². The quantitative estimate of drug-likeness (QED) is 0.321. The fourth-order valence-electron chi connectivity index (χ4n) is 4.12. The van der Waals surface area contributed by atoms with Gasteiger partial charge in [-0.25, -0.2) is 4.99 Å². The Hall–Kier alpha value is -3.93. The van der Waals surface area contributed by atoms with Gasteiger partial charge < -0.3 is 23.4 Å². The van der Waals surface area contributed by atoms with Crippen LogP contribution in [0.3, 0.4) is 0 Å². The summed E-state index contributed by atoms with van der Waals surface area (Å²) in [5.74, 6) is 4.38. The van der Waals surface area contributed by atoms with Crippen molar-refractivity contribution >= 4 is 16.5 Å². The Morgan fingerprint density at radius 2 is 1.38 bits per heavy atom. The van der Waals surface area contributed by atoms with E-state index in [1.165, 1.54) is 0 Å². The van der Waals surface area contributed by atoms with E-state index < -0.39 is 0 Å². The molecule has 0 amide bonds. The van der Waals surface area contributed by atoms with Crippen LogP contribution in [-0.4, -0.2) is 27.9 Å². The van der Waals surface area contributed by atoms with Crippen molar-refractivity contribution in [2.24, 2.45) is 4.99 Å². The Kier molecular flexibility index (Phi) is 6.77. The molecule has 4 aromatic rings. The van der Waals surface area contributed by atoms with Crippen LogP contribution < -0.4 is 24.3 Å². The van der Waals surface area contributed by atoms with Crippen LogP contribution in [0.15, 0.2) is 64.0 Å². The fourth-order valence-corrected chi connectivity index (χ4v) is 4.12. The predicted octanol–water partition coefficient (Wildman–Crippen LogP) is 6.37. The zero-order valence-electron chi connectivity index (χ0n) is 20.4. The average Bonchev–Trinajstić information content (AvgIpc) is 3.04. The number of furan rings is 1. The van der Waals surface area contributed by atoms with Gasteiger partial charge in [0.25, 0.3) is 0 Å². The van der Waals surface area contributed by atoms with E-state index in [9.17, 15) is 0 Å². The van der Waals surface area contributed by atoms with Crippen molar-refractivity contribution in [3.63, 3.8) is 0 Å². The molecular formula is C28H29NO5. The monoisotopic (exact) mass is 459 g/mol. The minimum Gasteiger partial charge on any atom is -0.496 e. The summed E-state index contributed by atoms with van der Waals surface area (Å²) in [6.07, 6.45) is 0. The van der Waals surface area contributed by atoms with Gasteiger partial charge in [-0.15, -0.1) is 0 Å². The maximum atomic E-state index is 6.00. The summed E-state index contributed by atoms with van der Waals surface area (Å²) in [4.78, 5) is 5.00. The third-order valence-electron chi connectivity index (χ3n) is 5.68. The topological polar surface area (TPSA) is 62.4 Å². The van der Waals surface area contributed by atoms with Crippen LogP contribution in [0.4, 0.5) is 5.69 Å². The number of hydrogen-bond acceptors (Lipinski definition) is 6. The first-order valence-electron chi connectivity index (χ1n) is 11.1. The molecule has 4 rings (SSSR count). The van der Waals surface area contributed by atoms with Crippen molar-refractivity contribution in [2.45, 2.75) is 20.8 Å². The highest BCUT2D eigenvalue weighted by Crippen LogP contribution is 2.35. The lowest BCUT2D eigenvalue weighted by Crippen LogP contribution is -2.00. The van der Waals surface area contributed by atoms with E-state index in [0.717, 1.165) is 56.0 Å². The number of benzene rings is 2. The van der Waals surface area contributed by atoms with Crippen molar-refractivity contribution in [3.05, 3.63) is 71.5 Å². The maximum Gasteiger partial charge on any atom is 0.162 e. The number of nitrogens with zero attached hydrogens (tertiary/aromatic N) is 1. The molecule has 0 aliphatic heterocycles. The Morgan fingerprint density at radius 3 is 2.03 bits per heavy atom. The third-order valence-corrected chi connectivity index (χ3v) is 5.68. The number of rotatable bonds is 7. The molecule has 0 atom stereocenters. The molecule has 0 radical (unpaired) electrons. The molecule has 6 nitrogen and oxygen atoms in total. The fraction of sp³-hybridized carbons (Fsp3) is 0.250. The first-order valence-corrected chi connectivity index (χ1v) is 11.1. The SMILES string of the molecule is CCOc1ccc(-c2cc(OC)c3c(C)oc(C)c3c(=Nc3ccc(OC)c(OC)c3)c2)cc1. The standard InChI is InChI=1S/C28H29NO5/c1-7-33-22-11-8-19(9-12-22)20-14-23(29-21-10-13-24(30-4)25(16-21)31-5)27-17(2)34-18(3)28(27)26(15-20)32-6/h8-16H,7H2,1-6H3. The maximum absolute atomic E-state index is 6.00. The molecule has 0 saturated heterocycles. The zero-order chi connectivity index (χ0) is 24.2. The lowest BCUT2D eigenvalue weighted by Gasteiger charge is -2.07. The van der Waals surface area contributed by atoms with E-state index in [1.807, 2.05) is 69.3 Å². The van der Waals surface area contributed by atoms with Gasteiger partial charge in [0.05, 0.1) is 49.8 Å². The van der Waals surface area contributed by atoms with E-state index in [-0.39, 0.29) is 0 Å². The van der Waals surface area contributed by atoms with E-state index in [0.29, 0.717) is 18.1 Å². The van der Waals surface area contributed by atoms with Gasteiger partial charge >= 0.3 is 0 Å². The molecule has 1 aromatic heterocycles. The Bertz CT molecular complexity index is 1390. The number of hydrogen-bond donors (Lipinski definition) is 0. The van der Waals surface area contributed by atoms with Gasteiger partial charge in [-0.1, -0.05) is 12.1 Å². The highest BCUT2D eigenvalue weighted by molar-refractivity contribution is 5.93. The predicted molar refractivity (Wildman–Crippen MR) is 134 cm³/mol. The van der Waals surface area contributed by atoms with Gasteiger partial charge in [-0.2, -0.15) is 0 Å². The van der Waals surface area contributed by atoms with E-state index in [1.54, 1.807) is 21.3 Å². The largest absolute Gasteiger partial charge is 0.496 e. The summed E-state index contributed by atoms with van der Waals surface area (Å²) in [7, 11) is 4.90. The highest BCUT2D eigenvalue weighted by atomic mass is 16.5. The molecular weight excluding hydrogens is 430 g/mol. The summed E-state index contributed by atoms with van der Waals surface area (Å²) in [6.45, 7) is 6.48. The molecule has 0 bridgehead atoms. The molecule has 1 heterocycles. The van der Waals surface area contributed by atoms with Gasteiger partial charge in [0.15, 0.2) is 11.5 Å². The second-order valence-corrected chi connectivity index (χ2v) is 7.77. The van der Waals surface area contributed by atoms with E-state index in [4.69, 9.17) is 28.4 Å². The van der Waals surface area contributed by atoms with Crippen molar-refractivity contribution in [1.29, 1.82) is 0 Å². The summed E-state index contributed by atoms with van der Waals surface area (Å²) in [5.41, 5.74) is 2.73. The molecule has 0 fully saturated rings. The van der Waals surface area contributed by atoms with Gasteiger partial charge in [0.1, 0.15) is 23.0 Å². The molecule has 0 saturated carbocycles. The van der Waals surface area contributed by atoms with Crippen molar-refractivity contribution in [1.82, 2.24) is 0 Å². The summed E-state index contributed by atoms with van der Waals surface area (Å²) < 4.78 is 28.3. The summed E-state index contributed by atoms with van der Waals surface area (Å²) >= 11 is 0. The first kappa shape index (κ1) is 23.2. The molecule has 0 unspecified atom stereocenters. The molecule has 6 heteroatoms. The van der Waals surface area contributed by atoms with Crippen molar-refractivity contribution in [2.75, 3.05) is 27.9 Å². The summed E-state index contributed by atoms with van der Waals surface area (Å²) in [6, 6.07) is 17.7. The Morgan fingerprint density at radius 1 is 0.706 bits per heavy atom. The van der Waals surface area contributed by atoms with Gasteiger partial charge in [-0.3, -0.25) is 0 Å². The Labute approximate surface area is 199 Å². The lowest BCUT2D eigenvalue weighted by molar-refractivity contribution is 0.340. The number of methoxy groups -OCH3 is 3. The van der Waals surface area contributed by atoms with E-state index >= 15 is 0 Å². The van der Waals surface area contributed by atoms with Crippen molar-refractivity contribution < 1.29 is 23.4 Å². The first-order chi connectivity index (χ1) is 16.5. The van der Waals surface area contributed by atoms with Crippen LogP contribution in [0.2, 0.25) is 0 Å². The second kappa shape index (κ2) is 9.91. The molecule has 34 heavy (non-hydrogen) atoms. The number of ether oxygens (including phenoxy) is 4. The summed E-state index contributed by atoms with van der Waals surface area (Å²) in [5, 5.41) is 2.57. The minimum atomic E-state index is 0.615. The van der Waals surface area contributed by atoms with Crippen LogP contribution in [0, 0.1) is 13.8 Å². The van der Waals surface area contributed by atoms with Crippen LogP contribution >= 0.6 is 0 Å². The van der Waals surface area contributed by atoms with Gasteiger partial charge in [0, 0.05) is 6.07 Å². The smallest absolute Gasteiger partial charge is 0.162 e. The molecule has 3 aromatic carbocycles. The highest BCUT2D eigenvalue weighted by Gasteiger charge is 2.15. The van der Waals surface area contributed by atoms with Gasteiger partial charge in [-0.05, 0) is 68.3 Å². The second-order valence-electron chi connectivity index (χ2n) is 7.77. The van der Waals surface area contributed by atoms with Crippen LogP contribution in [-0.2, 0) is 0 Å². The van der Waals surface area contributed by atoms with Crippen LogP contribution in [0.25, 0.3) is 21.9 Å². The number of fused-ring (bicyclic) bond motifs is 1. The Balaban J connectivity index is 2.03. The third kappa shape index (κ3) is 4.44. The molecule has 0 N–H and O–H groups in total. The lowest BCUT2D eigenvalue weighted by atomic mass is 10.1. The van der Waals surface area contributed by atoms with Crippen LogP contribution in [0.5, 0.6) is 23.0 Å². The molecule has 176 valence electrons. The average molecular weight is 460 g/mol. The molecule has 0 aliphatic rings. The van der Waals surface area contributed by atoms with Gasteiger partial charge in [0.2, 0.25) is 0 Å². The zero-order valence-corrected chi connectivity index (χ0v) is 20.4. The normalized spacial score (nSPS) is 11.5. The molecule has 0 aliphatic carbocycles. The van der Waals surface area contributed by atoms with Crippen molar-refractivity contribution in [3.8, 4) is 34.1 Å². The molecule has 0 spiro atoms. The van der Waals surface area contributed by atoms with Crippen LogP contribution in [0.1, 0.15) is 18.4 Å². The minimum absolute atomic E-state index is 0.615. The number of aryl methyl sites for hydroxylation is 2.